The average molecular weight is 925 g/mol. The number of aliphatic imine (C=N–C) groups is 2. The molecule has 0 saturated carbocycles. The van der Waals surface area contributed by atoms with Gasteiger partial charge in [0.25, 0.3) is 0 Å². The summed E-state index contributed by atoms with van der Waals surface area (Å²) < 4.78 is 0. The highest BCUT2D eigenvalue weighted by atomic mass is 16.4. The number of carbonyl (C=O) groups is 8. The number of carboxylic acid groups (broad SMARTS) is 1. The van der Waals surface area contributed by atoms with E-state index in [9.17, 15) is 43.5 Å². The molecular weight excluding hydrogens is 845 g/mol. The molecule has 0 aromatic heterocycles. The minimum Gasteiger partial charge on any atom is -0.480 e. The maximum absolute atomic E-state index is 13.9. The van der Waals surface area contributed by atoms with Gasteiger partial charge in [-0.25, -0.2) is 4.79 Å². The third kappa shape index (κ3) is 21.7. The molecule has 0 aromatic carbocycles. The Morgan fingerprint density at radius 1 is 0.400 bits per heavy atom. The Labute approximate surface area is 383 Å². The van der Waals surface area contributed by atoms with Gasteiger partial charge >= 0.3 is 5.97 Å². The van der Waals surface area contributed by atoms with E-state index in [1.165, 1.54) is 0 Å². The lowest BCUT2D eigenvalue weighted by Crippen LogP contribution is -2.63. The number of rotatable bonds is 29. The van der Waals surface area contributed by atoms with Crippen LogP contribution in [0.3, 0.4) is 0 Å². The highest BCUT2D eigenvalue weighted by Crippen LogP contribution is 2.13. The number of nitrogens with one attached hydrogen (secondary N) is 7. The first-order chi connectivity index (χ1) is 30.0. The van der Waals surface area contributed by atoms with E-state index in [1.54, 1.807) is 83.1 Å². The topological polar surface area (TPSA) is 396 Å². The Kier molecular flexibility index (Phi) is 26.4. The van der Waals surface area contributed by atoms with Crippen molar-refractivity contribution in [3.63, 3.8) is 0 Å². The van der Waals surface area contributed by atoms with Gasteiger partial charge in [-0.1, -0.05) is 83.1 Å². The van der Waals surface area contributed by atoms with Gasteiger partial charge in [-0.2, -0.15) is 0 Å². The van der Waals surface area contributed by atoms with Crippen LogP contribution in [0.4, 0.5) is 0 Å². The fraction of sp³-hybridized carbons (Fsp3) is 0.762. The maximum atomic E-state index is 13.9. The molecule has 0 rings (SSSR count). The number of aliphatic carboxylic acids is 1. The number of guanidine groups is 2. The highest BCUT2D eigenvalue weighted by molar-refractivity contribution is 5.98. The van der Waals surface area contributed by atoms with Crippen molar-refractivity contribution in [1.29, 1.82) is 0 Å². The molecule has 7 amide bonds. The van der Waals surface area contributed by atoms with E-state index in [0.717, 1.165) is 0 Å². The van der Waals surface area contributed by atoms with E-state index in [2.05, 4.69) is 47.2 Å². The number of hydrogen-bond acceptors (Lipinski definition) is 11. The van der Waals surface area contributed by atoms with E-state index >= 15 is 0 Å². The van der Waals surface area contributed by atoms with Gasteiger partial charge in [0.05, 0.1) is 6.04 Å². The third-order valence-corrected chi connectivity index (χ3v) is 10.3. The SMILES string of the molecule is CC(C)[C@H](NC(=O)[C@@H](NC(=O)[C@@H](NC(=O)[C@@H](NC(=O)[C@@H](NC(=O)[C@@H](NC(=O)[C@H](CCCN=C(N)N)NC(=O)[C@@H](N)CCCN=C(N)N)C(C)C)C(C)C)C(C)C)C(C)C)C(C)C)C(=O)O. The van der Waals surface area contributed by atoms with E-state index in [4.69, 9.17) is 28.7 Å². The molecule has 0 aliphatic carbocycles. The van der Waals surface area contributed by atoms with Crippen molar-refractivity contribution < 1.29 is 43.5 Å². The molecule has 23 heteroatoms. The minimum atomic E-state index is -1.22. The highest BCUT2D eigenvalue weighted by Gasteiger charge is 2.37. The molecule has 65 heavy (non-hydrogen) atoms. The van der Waals surface area contributed by atoms with Crippen molar-refractivity contribution >= 4 is 59.2 Å². The smallest absolute Gasteiger partial charge is 0.326 e. The second-order valence-corrected chi connectivity index (χ2v) is 18.3. The Morgan fingerprint density at radius 2 is 0.662 bits per heavy atom. The number of amides is 7. The van der Waals surface area contributed by atoms with Crippen LogP contribution in [0.5, 0.6) is 0 Å². The van der Waals surface area contributed by atoms with Crippen LogP contribution >= 0.6 is 0 Å². The number of hydrogen-bond donors (Lipinski definition) is 13. The van der Waals surface area contributed by atoms with Gasteiger partial charge in [-0.05, 0) is 61.2 Å². The molecule has 0 heterocycles. The quantitative estimate of drug-likeness (QED) is 0.0216. The lowest BCUT2D eigenvalue weighted by Gasteiger charge is -2.31. The van der Waals surface area contributed by atoms with Crippen molar-refractivity contribution in [2.45, 2.75) is 157 Å². The number of nitrogens with zero attached hydrogens (tertiary/aromatic N) is 2. The first-order valence-corrected chi connectivity index (χ1v) is 22.2. The molecule has 0 unspecified atom stereocenters. The molecule has 23 nitrogen and oxygen atoms in total. The summed E-state index contributed by atoms with van der Waals surface area (Å²) in [5.74, 6) is -9.23. The summed E-state index contributed by atoms with van der Waals surface area (Å²) in [7, 11) is 0. The average Bonchev–Trinajstić information content (AvgIpc) is 3.18. The van der Waals surface area contributed by atoms with Crippen LogP contribution in [-0.4, -0.2) is 126 Å². The Balaban J connectivity index is 6.24. The lowest BCUT2D eigenvalue weighted by atomic mass is 9.96. The molecular formula is C42H80N14O9. The van der Waals surface area contributed by atoms with E-state index < -0.39 is 131 Å². The Bertz CT molecular complexity index is 1660. The minimum absolute atomic E-state index is 0.0790. The summed E-state index contributed by atoms with van der Waals surface area (Å²) in [5, 5.41) is 28.2. The van der Waals surface area contributed by atoms with Gasteiger partial charge in [0.1, 0.15) is 42.3 Å². The van der Waals surface area contributed by atoms with Gasteiger partial charge in [0, 0.05) is 13.1 Å². The predicted octanol–water partition coefficient (Wildman–Crippen LogP) is -2.16. The van der Waals surface area contributed by atoms with E-state index in [1.807, 2.05) is 0 Å². The van der Waals surface area contributed by atoms with Gasteiger partial charge in [0.15, 0.2) is 11.9 Å². The van der Waals surface area contributed by atoms with Crippen molar-refractivity contribution in [3.8, 4) is 0 Å². The number of carbonyl (C=O) groups excluding carboxylic acids is 7. The molecule has 0 radical (unpaired) electrons. The van der Waals surface area contributed by atoms with E-state index in [0.29, 0.717) is 6.42 Å². The predicted molar refractivity (Wildman–Crippen MR) is 248 cm³/mol. The lowest BCUT2D eigenvalue weighted by molar-refractivity contribution is -0.144. The van der Waals surface area contributed by atoms with Gasteiger partial charge in [0.2, 0.25) is 41.4 Å². The monoisotopic (exact) mass is 925 g/mol. The zero-order valence-corrected chi connectivity index (χ0v) is 40.3. The molecule has 0 spiro atoms. The Hall–Kier alpha value is -5.74. The maximum Gasteiger partial charge on any atom is 0.326 e. The third-order valence-electron chi connectivity index (χ3n) is 10.3. The molecule has 8 atom stereocenters. The first kappa shape index (κ1) is 59.3. The molecule has 0 aliphatic heterocycles. The summed E-state index contributed by atoms with van der Waals surface area (Å²) in [6, 6.07) is -9.22. The van der Waals surface area contributed by atoms with Crippen LogP contribution in [-0.2, 0) is 38.4 Å². The van der Waals surface area contributed by atoms with Gasteiger partial charge < -0.3 is 71.0 Å². The molecule has 0 bridgehead atoms. The van der Waals surface area contributed by atoms with Crippen molar-refractivity contribution in [3.05, 3.63) is 0 Å². The zero-order chi connectivity index (χ0) is 50.5. The van der Waals surface area contributed by atoms with Crippen LogP contribution in [0.1, 0.15) is 109 Å². The van der Waals surface area contributed by atoms with Crippen LogP contribution < -0.4 is 65.9 Å². The molecule has 372 valence electrons. The second kappa shape index (κ2) is 28.9. The molecule has 0 saturated heterocycles. The number of nitrogens with two attached hydrogens (primary N) is 5. The normalized spacial score (nSPS) is 15.1. The van der Waals surface area contributed by atoms with Crippen molar-refractivity contribution in [2.75, 3.05) is 13.1 Å². The van der Waals surface area contributed by atoms with Crippen LogP contribution in [0.2, 0.25) is 0 Å². The second-order valence-electron chi connectivity index (χ2n) is 18.3. The number of carboxylic acids is 1. The largest absolute Gasteiger partial charge is 0.480 e. The summed E-state index contributed by atoms with van der Waals surface area (Å²) >= 11 is 0. The fourth-order valence-electron chi connectivity index (χ4n) is 6.36. The van der Waals surface area contributed by atoms with Crippen LogP contribution in [0, 0.1) is 35.5 Å². The summed E-state index contributed by atoms with van der Waals surface area (Å²) in [6.07, 6.45) is 0.962. The van der Waals surface area contributed by atoms with Gasteiger partial charge in [-0.15, -0.1) is 0 Å². The first-order valence-electron chi connectivity index (χ1n) is 22.2. The van der Waals surface area contributed by atoms with Crippen molar-refractivity contribution in [1.82, 2.24) is 37.2 Å². The summed E-state index contributed by atoms with van der Waals surface area (Å²) in [4.78, 5) is 115. The van der Waals surface area contributed by atoms with Crippen LogP contribution in [0.25, 0.3) is 0 Å². The summed E-state index contributed by atoms with van der Waals surface area (Å²) in [6.45, 7) is 20.5. The standard InChI is InChI=1S/C42H80N14O9/c1-19(2)27(51-34(58)26(16-14-18-49-42(46)47)50-33(57)25(43)15-13-17-48-41(44)45)35(59)52-28(20(3)4)36(60)53-29(21(5)6)37(61)54-30(22(7)8)38(62)55-31(23(9)10)39(63)56-32(24(11)12)40(64)65/h19-32H,13-18,43H2,1-12H3,(H,50,57)(H,51,58)(H,52,59)(H,53,60)(H,54,61)(H,55,62)(H,56,63)(H,64,65)(H4,44,45,48)(H4,46,47,49)/t25-,26-,27-,28-,29-,30-,31-,32-/m0/s1. The van der Waals surface area contributed by atoms with Crippen molar-refractivity contribution in [2.24, 2.45) is 74.2 Å². The Morgan fingerprint density at radius 3 is 0.923 bits per heavy atom. The van der Waals surface area contributed by atoms with E-state index in [-0.39, 0.29) is 44.3 Å². The molecule has 0 aromatic rings. The fourth-order valence-corrected chi connectivity index (χ4v) is 6.36. The molecule has 0 aliphatic rings. The van der Waals surface area contributed by atoms with Gasteiger partial charge in [-0.3, -0.25) is 43.5 Å². The van der Waals surface area contributed by atoms with Crippen LogP contribution in [0.15, 0.2) is 9.98 Å². The zero-order valence-electron chi connectivity index (χ0n) is 40.3. The summed E-state index contributed by atoms with van der Waals surface area (Å²) in [5.41, 5.74) is 27.7. The molecule has 18 N–H and O–H groups in total. The molecule has 0 fully saturated rings.